The van der Waals surface area contributed by atoms with Gasteiger partial charge in [0.05, 0.1) is 11.3 Å². The third-order valence-corrected chi connectivity index (χ3v) is 4.16. The molecular weight excluding hydrogens is 366 g/mol. The first-order valence-corrected chi connectivity index (χ1v) is 8.27. The van der Waals surface area contributed by atoms with Gasteiger partial charge in [0.2, 0.25) is 0 Å². The molecule has 120 valence electrons. The van der Waals surface area contributed by atoms with Crippen LogP contribution in [0.5, 0.6) is 0 Å². The standard InChI is InChI=1S/C19H16BrN3O/c1-13-6-9-15(10-7-13)22-19(24)14-8-11-18(21-12-14)23-17-5-3-2-4-16(17)20/h2-12H,1H3,(H,21,23)(H,22,24). The molecule has 0 saturated carbocycles. The Morgan fingerprint density at radius 2 is 1.75 bits per heavy atom. The molecule has 0 bridgehead atoms. The number of carbonyl (C=O) groups excluding carboxylic acids is 1. The van der Waals surface area contributed by atoms with Gasteiger partial charge < -0.3 is 10.6 Å². The number of hydrogen-bond donors (Lipinski definition) is 2. The molecule has 0 fully saturated rings. The first-order chi connectivity index (χ1) is 11.6. The van der Waals surface area contributed by atoms with E-state index in [0.717, 1.165) is 21.4 Å². The second-order valence-corrected chi connectivity index (χ2v) is 6.21. The molecule has 2 N–H and O–H groups in total. The molecule has 1 amide bonds. The molecule has 3 rings (SSSR count). The first kappa shape index (κ1) is 16.2. The van der Waals surface area contributed by atoms with Gasteiger partial charge in [-0.05, 0) is 59.3 Å². The second-order valence-electron chi connectivity index (χ2n) is 5.36. The highest BCUT2D eigenvalue weighted by Gasteiger charge is 2.07. The summed E-state index contributed by atoms with van der Waals surface area (Å²) in [7, 11) is 0. The second kappa shape index (κ2) is 7.27. The SMILES string of the molecule is Cc1ccc(NC(=O)c2ccc(Nc3ccccc3Br)nc2)cc1. The van der Waals surface area contributed by atoms with Crippen LogP contribution in [0, 0.1) is 6.92 Å². The number of amides is 1. The third kappa shape index (κ3) is 4.00. The largest absolute Gasteiger partial charge is 0.339 e. The van der Waals surface area contributed by atoms with Gasteiger partial charge in [-0.15, -0.1) is 0 Å². The van der Waals surface area contributed by atoms with Gasteiger partial charge in [0.1, 0.15) is 5.82 Å². The van der Waals surface area contributed by atoms with Crippen molar-refractivity contribution in [2.45, 2.75) is 6.92 Å². The van der Waals surface area contributed by atoms with Crippen molar-refractivity contribution < 1.29 is 4.79 Å². The Morgan fingerprint density at radius 3 is 2.42 bits per heavy atom. The van der Waals surface area contributed by atoms with E-state index in [0.29, 0.717) is 11.4 Å². The van der Waals surface area contributed by atoms with E-state index < -0.39 is 0 Å². The van der Waals surface area contributed by atoms with E-state index in [1.807, 2.05) is 55.5 Å². The van der Waals surface area contributed by atoms with E-state index in [2.05, 4.69) is 31.5 Å². The van der Waals surface area contributed by atoms with Gasteiger partial charge in [-0.25, -0.2) is 4.98 Å². The number of rotatable bonds is 4. The summed E-state index contributed by atoms with van der Waals surface area (Å²) in [6, 6.07) is 19.0. The van der Waals surface area contributed by atoms with Crippen LogP contribution in [0.1, 0.15) is 15.9 Å². The number of para-hydroxylation sites is 1. The van der Waals surface area contributed by atoms with Crippen molar-refractivity contribution in [3.05, 3.63) is 82.5 Å². The summed E-state index contributed by atoms with van der Waals surface area (Å²) in [5.74, 6) is 0.493. The van der Waals surface area contributed by atoms with E-state index in [-0.39, 0.29) is 5.91 Å². The van der Waals surface area contributed by atoms with Crippen molar-refractivity contribution in [3.8, 4) is 0 Å². The van der Waals surface area contributed by atoms with Gasteiger partial charge in [0.25, 0.3) is 5.91 Å². The van der Waals surface area contributed by atoms with Crippen LogP contribution in [0.25, 0.3) is 0 Å². The van der Waals surface area contributed by atoms with E-state index in [9.17, 15) is 4.79 Å². The lowest BCUT2D eigenvalue weighted by atomic mass is 10.2. The maximum Gasteiger partial charge on any atom is 0.257 e. The molecule has 0 unspecified atom stereocenters. The van der Waals surface area contributed by atoms with Gasteiger partial charge in [0.15, 0.2) is 0 Å². The summed E-state index contributed by atoms with van der Waals surface area (Å²) in [6.45, 7) is 2.01. The van der Waals surface area contributed by atoms with E-state index in [4.69, 9.17) is 0 Å². The highest BCUT2D eigenvalue weighted by Crippen LogP contribution is 2.24. The van der Waals surface area contributed by atoms with Crippen molar-refractivity contribution >= 4 is 39.0 Å². The highest BCUT2D eigenvalue weighted by atomic mass is 79.9. The average Bonchev–Trinajstić information content (AvgIpc) is 2.59. The molecule has 5 heteroatoms. The van der Waals surface area contributed by atoms with E-state index in [1.54, 1.807) is 18.3 Å². The smallest absolute Gasteiger partial charge is 0.257 e. The van der Waals surface area contributed by atoms with Crippen molar-refractivity contribution in [2.24, 2.45) is 0 Å². The number of anilines is 3. The van der Waals surface area contributed by atoms with E-state index in [1.165, 1.54) is 0 Å². The van der Waals surface area contributed by atoms with Crippen LogP contribution in [0.2, 0.25) is 0 Å². The first-order valence-electron chi connectivity index (χ1n) is 7.47. The van der Waals surface area contributed by atoms with Gasteiger partial charge >= 0.3 is 0 Å². The fourth-order valence-electron chi connectivity index (χ4n) is 2.14. The Morgan fingerprint density at radius 1 is 1.00 bits per heavy atom. The monoisotopic (exact) mass is 381 g/mol. The van der Waals surface area contributed by atoms with Crippen LogP contribution in [-0.2, 0) is 0 Å². The summed E-state index contributed by atoms with van der Waals surface area (Å²) in [5.41, 5.74) is 3.34. The summed E-state index contributed by atoms with van der Waals surface area (Å²) in [5, 5.41) is 6.06. The molecule has 1 aromatic heterocycles. The number of hydrogen-bond acceptors (Lipinski definition) is 3. The summed E-state index contributed by atoms with van der Waals surface area (Å²) < 4.78 is 0.952. The quantitative estimate of drug-likeness (QED) is 0.656. The zero-order valence-corrected chi connectivity index (χ0v) is 14.7. The maximum atomic E-state index is 12.2. The van der Waals surface area contributed by atoms with Crippen molar-refractivity contribution in [2.75, 3.05) is 10.6 Å². The number of carbonyl (C=O) groups is 1. The van der Waals surface area contributed by atoms with Crippen LogP contribution >= 0.6 is 15.9 Å². The lowest BCUT2D eigenvalue weighted by molar-refractivity contribution is 0.102. The molecule has 0 aliphatic rings. The van der Waals surface area contributed by atoms with Crippen molar-refractivity contribution in [1.29, 1.82) is 0 Å². The zero-order valence-electron chi connectivity index (χ0n) is 13.1. The van der Waals surface area contributed by atoms with Crippen LogP contribution in [-0.4, -0.2) is 10.9 Å². The third-order valence-electron chi connectivity index (χ3n) is 3.47. The number of halogens is 1. The summed E-state index contributed by atoms with van der Waals surface area (Å²) in [6.07, 6.45) is 1.56. The molecule has 0 aliphatic heterocycles. The number of pyridine rings is 1. The Kier molecular flexibility index (Phi) is 4.91. The highest BCUT2D eigenvalue weighted by molar-refractivity contribution is 9.10. The summed E-state index contributed by atoms with van der Waals surface area (Å²) in [4.78, 5) is 16.5. The molecule has 1 heterocycles. The van der Waals surface area contributed by atoms with Crippen LogP contribution in [0.3, 0.4) is 0 Å². The molecule has 3 aromatic rings. The summed E-state index contributed by atoms with van der Waals surface area (Å²) >= 11 is 3.48. The molecule has 2 aromatic carbocycles. The normalized spacial score (nSPS) is 10.2. The van der Waals surface area contributed by atoms with Crippen molar-refractivity contribution in [3.63, 3.8) is 0 Å². The maximum absolute atomic E-state index is 12.2. The minimum Gasteiger partial charge on any atom is -0.339 e. The zero-order chi connectivity index (χ0) is 16.9. The fourth-order valence-corrected chi connectivity index (χ4v) is 2.53. The number of benzene rings is 2. The molecule has 0 atom stereocenters. The average molecular weight is 382 g/mol. The predicted molar refractivity (Wildman–Crippen MR) is 101 cm³/mol. The van der Waals surface area contributed by atoms with Gasteiger partial charge in [-0.3, -0.25) is 4.79 Å². The number of nitrogens with zero attached hydrogens (tertiary/aromatic N) is 1. The van der Waals surface area contributed by atoms with Gasteiger partial charge in [-0.2, -0.15) is 0 Å². The molecule has 0 spiro atoms. The fraction of sp³-hybridized carbons (Fsp3) is 0.0526. The number of nitrogens with one attached hydrogen (secondary N) is 2. The van der Waals surface area contributed by atoms with Crippen molar-refractivity contribution in [1.82, 2.24) is 4.98 Å². The molecule has 4 nitrogen and oxygen atoms in total. The number of aromatic nitrogens is 1. The Balaban J connectivity index is 1.68. The molecule has 24 heavy (non-hydrogen) atoms. The van der Waals surface area contributed by atoms with Gasteiger partial charge in [0, 0.05) is 16.4 Å². The minimum atomic E-state index is -0.182. The Hall–Kier alpha value is -2.66. The Bertz CT molecular complexity index is 845. The molecule has 0 saturated heterocycles. The predicted octanol–water partition coefficient (Wildman–Crippen LogP) is 5.15. The van der Waals surface area contributed by atoms with Gasteiger partial charge in [-0.1, -0.05) is 29.8 Å². The Labute approximate surface area is 149 Å². The molecular formula is C19H16BrN3O. The van der Waals surface area contributed by atoms with Crippen LogP contribution < -0.4 is 10.6 Å². The van der Waals surface area contributed by atoms with E-state index >= 15 is 0 Å². The lowest BCUT2D eigenvalue weighted by Gasteiger charge is -2.09. The number of aryl methyl sites for hydroxylation is 1. The van der Waals surface area contributed by atoms with Crippen LogP contribution in [0.15, 0.2) is 71.3 Å². The van der Waals surface area contributed by atoms with Crippen LogP contribution in [0.4, 0.5) is 17.2 Å². The molecule has 0 radical (unpaired) electrons. The minimum absolute atomic E-state index is 0.182. The topological polar surface area (TPSA) is 54.0 Å². The lowest BCUT2D eigenvalue weighted by Crippen LogP contribution is -2.12. The molecule has 0 aliphatic carbocycles.